The van der Waals surface area contributed by atoms with Crippen LogP contribution in [0.15, 0.2) is 60.8 Å². The van der Waals surface area contributed by atoms with Gasteiger partial charge in [-0.3, -0.25) is 62.3 Å². The number of aliphatic hydroxyl groups excluding tert-OH is 3. The Bertz CT molecular complexity index is 3590. The standard InChI is InChI=1S/C76H116N14O20/c1-9-44(6)63(72(104)89-65(46(8)93)74(106)84-53(36-43(4)5)68(100)86-56(76(109)110)38-48-40-79-50-28-23-22-27-49(48)50)87-66(98)51(32-33-59(77)94)81-71(103)58-29-24-34-90(58)62(97)31-21-16-14-12-10-11-13-15-20-30-61(96)80-57(41-91)70(102)88-64(45(7)92)73(105)83-52(35-42(2)3)67(99)82-54(39-60(78)95)69(101)85-55(75(107)108)37-47-25-18-17-19-26-47/h17-19,22-23,25-28,40,42-46,51-58,63-65,79,91-93H,9-16,20-21,24,29-39,41H2,1-8H3,(H2,77,94)(H2,78,95)(H,80,96)(H,81,103)(H,82,99)(H,83,105)(H,84,106)(H,85,101)(H,86,100)(H,87,98)(H,88,102)(H,89,104)(H,107,108)(H,109,110)/t44-,45?,46+,51-,52-,53-,54-,55-,56-,57-,58-,63-,64-,65-/m0/s1. The number of unbranched alkanes of at least 4 members (excludes halogenated alkanes) is 8. The molecule has 20 N–H and O–H groups in total. The Morgan fingerprint density at radius 3 is 1.45 bits per heavy atom. The zero-order chi connectivity index (χ0) is 81.9. The lowest BCUT2D eigenvalue weighted by molar-refractivity contribution is -0.143. The van der Waals surface area contributed by atoms with Crippen LogP contribution in [0.25, 0.3) is 10.9 Å². The number of aromatic amines is 1. The number of carboxylic acids is 2. The number of nitrogens with one attached hydrogen (secondary N) is 11. The van der Waals surface area contributed by atoms with Gasteiger partial charge in [-0.1, -0.05) is 141 Å². The predicted octanol–water partition coefficient (Wildman–Crippen LogP) is 0.285. The van der Waals surface area contributed by atoms with E-state index in [2.05, 4.69) is 58.2 Å². The van der Waals surface area contributed by atoms with Gasteiger partial charge in [0, 0.05) is 55.7 Å². The number of aliphatic hydroxyl groups is 3. The number of hydrogen-bond acceptors (Lipinski definition) is 18. The molecular formula is C76H116N14O20. The minimum Gasteiger partial charge on any atom is -0.480 e. The highest BCUT2D eigenvalue weighted by atomic mass is 16.4. The van der Waals surface area contributed by atoms with Gasteiger partial charge in [-0.05, 0) is 93.7 Å². The quantitative estimate of drug-likeness (QED) is 0.0338. The van der Waals surface area contributed by atoms with Gasteiger partial charge in [0.15, 0.2) is 0 Å². The summed E-state index contributed by atoms with van der Waals surface area (Å²) in [5.74, 6) is -14.8. The van der Waals surface area contributed by atoms with Crippen molar-refractivity contribution in [2.24, 2.45) is 29.2 Å². The number of benzene rings is 2. The number of aromatic nitrogens is 1. The molecule has 0 saturated carbocycles. The number of H-pyrrole nitrogens is 1. The second kappa shape index (κ2) is 47.1. The highest BCUT2D eigenvalue weighted by Gasteiger charge is 2.40. The van der Waals surface area contributed by atoms with E-state index in [0.717, 1.165) is 43.0 Å². The van der Waals surface area contributed by atoms with Gasteiger partial charge in [0.05, 0.1) is 25.2 Å². The number of nitrogens with zero attached hydrogens (tertiary/aromatic N) is 1. The zero-order valence-corrected chi connectivity index (χ0v) is 64.2. The van der Waals surface area contributed by atoms with E-state index < -0.39 is 180 Å². The number of likely N-dealkylation sites (tertiary alicyclic amines) is 1. The zero-order valence-electron chi connectivity index (χ0n) is 64.2. The van der Waals surface area contributed by atoms with Gasteiger partial charge in [0.25, 0.3) is 0 Å². The van der Waals surface area contributed by atoms with E-state index in [1.54, 1.807) is 84.1 Å². The molecule has 3 aromatic rings. The van der Waals surface area contributed by atoms with Gasteiger partial charge in [0.2, 0.25) is 76.8 Å². The number of carbonyl (C=O) groups is 15. The first-order valence-electron chi connectivity index (χ1n) is 38.0. The van der Waals surface area contributed by atoms with Gasteiger partial charge >= 0.3 is 11.9 Å². The second-order valence-electron chi connectivity index (χ2n) is 29.3. The maximum atomic E-state index is 14.2. The molecule has 4 rings (SSSR count). The summed E-state index contributed by atoms with van der Waals surface area (Å²) in [5, 5.41) is 77.2. The fourth-order valence-corrected chi connectivity index (χ4v) is 12.8. The van der Waals surface area contributed by atoms with Crippen molar-refractivity contribution in [3.8, 4) is 0 Å². The molecule has 34 heteroatoms. The topological polar surface area (TPSA) is 549 Å². The van der Waals surface area contributed by atoms with E-state index in [1.807, 2.05) is 18.2 Å². The molecule has 1 aromatic heterocycles. The number of rotatable bonds is 51. The Kier molecular flexibility index (Phi) is 39.5. The van der Waals surface area contributed by atoms with Crippen LogP contribution in [-0.4, -0.2) is 216 Å². The highest BCUT2D eigenvalue weighted by molar-refractivity contribution is 6.00. The Morgan fingerprint density at radius 1 is 0.491 bits per heavy atom. The van der Waals surface area contributed by atoms with Crippen LogP contribution in [0.4, 0.5) is 0 Å². The third kappa shape index (κ3) is 31.5. The maximum absolute atomic E-state index is 14.2. The van der Waals surface area contributed by atoms with Gasteiger partial charge in [0.1, 0.15) is 66.5 Å². The molecule has 2 heterocycles. The Hall–Kier alpha value is -10.1. The van der Waals surface area contributed by atoms with Crippen molar-refractivity contribution in [3.05, 3.63) is 71.9 Å². The number of nitrogens with two attached hydrogens (primary N) is 2. The molecule has 34 nitrogen and oxygen atoms in total. The first kappa shape index (κ1) is 92.3. The molecule has 1 unspecified atom stereocenters. The van der Waals surface area contributed by atoms with Crippen LogP contribution in [0.5, 0.6) is 0 Å². The number of hydrogen-bond donors (Lipinski definition) is 18. The number of fused-ring (bicyclic) bond motifs is 1. The molecule has 13 amide bonds. The summed E-state index contributed by atoms with van der Waals surface area (Å²) in [6.07, 6.45) is 4.64. The van der Waals surface area contributed by atoms with Gasteiger partial charge < -0.3 is 100 Å². The van der Waals surface area contributed by atoms with Crippen LogP contribution >= 0.6 is 0 Å². The molecule has 610 valence electrons. The Labute approximate surface area is 640 Å². The van der Waals surface area contributed by atoms with Crippen molar-refractivity contribution in [3.63, 3.8) is 0 Å². The van der Waals surface area contributed by atoms with Crippen LogP contribution in [-0.2, 0) is 84.8 Å². The fourth-order valence-electron chi connectivity index (χ4n) is 12.8. The molecule has 1 aliphatic heterocycles. The number of primary amides is 2. The summed E-state index contributed by atoms with van der Waals surface area (Å²) in [5.41, 5.74) is 12.8. The molecule has 0 radical (unpaired) electrons. The molecular weight excluding hydrogens is 1430 g/mol. The first-order valence-corrected chi connectivity index (χ1v) is 38.0. The van der Waals surface area contributed by atoms with Crippen LogP contribution in [0.1, 0.15) is 189 Å². The SMILES string of the molecule is CC[C@H](C)[C@H](NC(=O)[C@H](CCC(N)=O)NC(=O)[C@@H]1CCCN1C(=O)CCCCCCCCCCCC(=O)N[C@@H](CO)C(=O)N[C@H](C(=O)N[C@@H](CC(C)C)C(=O)N[C@@H](CC(N)=O)C(=O)N[C@@H](Cc1ccccc1)C(=O)O)C(C)O)C(=O)N[C@H](C(=O)N[C@@H](CC(C)C)C(=O)N[C@@H](Cc1c[nH]c2ccccc12)C(=O)O)[C@@H](C)O. The number of amides is 13. The minimum atomic E-state index is -1.72. The van der Waals surface area contributed by atoms with Gasteiger partial charge in [-0.25, -0.2) is 9.59 Å². The Balaban J connectivity index is 1.22. The smallest absolute Gasteiger partial charge is 0.326 e. The van der Waals surface area contributed by atoms with Crippen molar-refractivity contribution in [1.82, 2.24) is 63.1 Å². The lowest BCUT2D eigenvalue weighted by Crippen LogP contribution is -2.62. The third-order valence-corrected chi connectivity index (χ3v) is 19.1. The number of aliphatic carboxylic acids is 2. The molecule has 2 aromatic carbocycles. The lowest BCUT2D eigenvalue weighted by Gasteiger charge is -2.30. The molecule has 0 bridgehead atoms. The van der Waals surface area contributed by atoms with Crippen LogP contribution in [0, 0.1) is 17.8 Å². The predicted molar refractivity (Wildman–Crippen MR) is 403 cm³/mol. The summed E-state index contributed by atoms with van der Waals surface area (Å²) in [7, 11) is 0. The van der Waals surface area contributed by atoms with Crippen LogP contribution in [0.3, 0.4) is 0 Å². The largest absolute Gasteiger partial charge is 0.480 e. The van der Waals surface area contributed by atoms with E-state index in [0.29, 0.717) is 49.7 Å². The van der Waals surface area contributed by atoms with E-state index in [1.165, 1.54) is 18.7 Å². The molecule has 1 saturated heterocycles. The minimum absolute atomic E-state index is 0.00712. The Morgan fingerprint density at radius 2 is 0.945 bits per heavy atom. The average Bonchev–Trinajstić information content (AvgIpc) is 1.60. The van der Waals surface area contributed by atoms with Crippen molar-refractivity contribution in [1.29, 1.82) is 0 Å². The average molecular weight is 1550 g/mol. The van der Waals surface area contributed by atoms with E-state index >= 15 is 0 Å². The summed E-state index contributed by atoms with van der Waals surface area (Å²) in [6, 6.07) is -0.339. The van der Waals surface area contributed by atoms with Crippen molar-refractivity contribution < 1.29 is 97.5 Å². The van der Waals surface area contributed by atoms with Crippen molar-refractivity contribution in [2.45, 2.75) is 269 Å². The summed E-state index contributed by atoms with van der Waals surface area (Å²) in [4.78, 5) is 204. The molecule has 1 aliphatic rings. The highest BCUT2D eigenvalue weighted by Crippen LogP contribution is 2.23. The van der Waals surface area contributed by atoms with Crippen molar-refractivity contribution >= 4 is 99.6 Å². The van der Waals surface area contributed by atoms with Crippen LogP contribution in [0.2, 0.25) is 0 Å². The molecule has 1 fully saturated rings. The lowest BCUT2D eigenvalue weighted by atomic mass is 9.96. The monoisotopic (exact) mass is 1540 g/mol. The van der Waals surface area contributed by atoms with E-state index in [4.69, 9.17) is 11.5 Å². The van der Waals surface area contributed by atoms with E-state index in [-0.39, 0.29) is 82.1 Å². The molecule has 110 heavy (non-hydrogen) atoms. The second-order valence-corrected chi connectivity index (χ2v) is 29.3. The number of carboxylic acid groups (broad SMARTS) is 2. The summed E-state index contributed by atoms with van der Waals surface area (Å²) in [6.45, 7) is 12.2. The normalized spacial score (nSPS) is 16.3. The summed E-state index contributed by atoms with van der Waals surface area (Å²) < 4.78 is 0. The summed E-state index contributed by atoms with van der Waals surface area (Å²) >= 11 is 0. The fraction of sp³-hybridized carbons (Fsp3) is 0.618. The molecule has 0 aliphatic carbocycles. The molecule has 14 atom stereocenters. The third-order valence-electron chi connectivity index (χ3n) is 19.1. The van der Waals surface area contributed by atoms with E-state index in [9.17, 15) is 97.5 Å². The van der Waals surface area contributed by atoms with Gasteiger partial charge in [-0.15, -0.1) is 0 Å². The first-order chi connectivity index (χ1) is 52.0. The maximum Gasteiger partial charge on any atom is 0.326 e. The van der Waals surface area contributed by atoms with Crippen molar-refractivity contribution in [2.75, 3.05) is 13.2 Å². The molecule has 0 spiro atoms. The van der Waals surface area contributed by atoms with Crippen LogP contribution < -0.4 is 64.6 Å². The number of para-hydroxylation sites is 1. The number of carbonyl (C=O) groups excluding carboxylic acids is 13. The van der Waals surface area contributed by atoms with Gasteiger partial charge in [-0.2, -0.15) is 0 Å².